The molecule has 0 bridgehead atoms. The summed E-state index contributed by atoms with van der Waals surface area (Å²) in [6.45, 7) is 0. The van der Waals surface area contributed by atoms with Crippen LogP contribution in [0.3, 0.4) is 0 Å². The lowest BCUT2D eigenvalue weighted by atomic mass is 10.1. The molecule has 4 nitrogen and oxygen atoms in total. The molecule has 36 heavy (non-hydrogen) atoms. The van der Waals surface area contributed by atoms with Crippen molar-refractivity contribution in [3.8, 4) is 11.6 Å². The zero-order valence-corrected chi connectivity index (χ0v) is 19.8. The van der Waals surface area contributed by atoms with Crippen molar-refractivity contribution in [1.29, 1.82) is 0 Å². The van der Waals surface area contributed by atoms with Crippen molar-refractivity contribution in [2.45, 2.75) is 0 Å². The van der Waals surface area contributed by atoms with Crippen LogP contribution >= 0.6 is 0 Å². The molecule has 0 saturated heterocycles. The second-order valence-corrected chi connectivity index (χ2v) is 9.36. The van der Waals surface area contributed by atoms with Crippen molar-refractivity contribution < 1.29 is 0 Å². The van der Waals surface area contributed by atoms with Gasteiger partial charge in [0.1, 0.15) is 0 Å². The van der Waals surface area contributed by atoms with Crippen molar-refractivity contribution in [3.05, 3.63) is 115 Å². The predicted molar refractivity (Wildman–Crippen MR) is 149 cm³/mol. The van der Waals surface area contributed by atoms with E-state index in [0.29, 0.717) is 0 Å². The molecule has 8 rings (SSSR count). The van der Waals surface area contributed by atoms with Crippen LogP contribution in [0, 0.1) is 0 Å². The molecule has 0 saturated carbocycles. The van der Waals surface area contributed by atoms with Crippen LogP contribution in [0.25, 0.3) is 66.3 Å². The van der Waals surface area contributed by atoms with E-state index in [1.807, 2.05) is 0 Å². The minimum Gasteiger partial charge on any atom is -0.313 e. The largest absolute Gasteiger partial charge is 0.313 e. The first-order valence-electron chi connectivity index (χ1n) is 12.2. The van der Waals surface area contributed by atoms with Crippen LogP contribution in [0.5, 0.6) is 0 Å². The van der Waals surface area contributed by atoms with Gasteiger partial charge in [-0.25, -0.2) is 4.98 Å². The Labute approximate surface area is 207 Å². The highest BCUT2D eigenvalue weighted by Gasteiger charge is 2.22. The number of fused-ring (bicyclic) bond motifs is 8. The normalized spacial score (nSPS) is 12.0. The summed E-state index contributed by atoms with van der Waals surface area (Å²) in [6, 6.07) is 40.9. The van der Waals surface area contributed by atoms with Gasteiger partial charge in [-0.05, 0) is 36.4 Å². The number of aryl methyl sites for hydroxylation is 1. The summed E-state index contributed by atoms with van der Waals surface area (Å²) in [5, 5.41) is 4.95. The Balaban J connectivity index is 1.67. The quantitative estimate of drug-likeness (QED) is 0.258. The van der Waals surface area contributed by atoms with E-state index in [2.05, 4.69) is 136 Å². The Morgan fingerprint density at radius 3 is 1.67 bits per heavy atom. The lowest BCUT2D eigenvalue weighted by molar-refractivity contribution is 0.870. The molecule has 0 unspecified atom stereocenters. The number of para-hydroxylation sites is 5. The molecule has 4 heteroatoms. The number of imidazole rings is 1. The SMILES string of the molecule is Cn1c(-n2c3ccccc3c3ccc4c5ccccc5n(-c5ccccc5)c4c32)nc2ccccc21. The van der Waals surface area contributed by atoms with Crippen LogP contribution in [-0.2, 0) is 7.05 Å². The lowest BCUT2D eigenvalue weighted by Gasteiger charge is -2.12. The molecule has 0 aliphatic heterocycles. The number of hydrogen-bond donors (Lipinski definition) is 0. The number of hydrogen-bond acceptors (Lipinski definition) is 1. The molecule has 0 N–H and O–H groups in total. The molecule has 3 heterocycles. The molecule has 0 atom stereocenters. The van der Waals surface area contributed by atoms with Gasteiger partial charge in [-0.1, -0.05) is 78.9 Å². The fraction of sp³-hybridized carbons (Fsp3) is 0.0312. The van der Waals surface area contributed by atoms with Gasteiger partial charge in [0.25, 0.3) is 0 Å². The molecule has 0 radical (unpaired) electrons. The highest BCUT2D eigenvalue weighted by atomic mass is 15.2. The zero-order valence-electron chi connectivity index (χ0n) is 19.8. The molecular weight excluding hydrogens is 440 g/mol. The van der Waals surface area contributed by atoms with Crippen molar-refractivity contribution in [2.24, 2.45) is 7.05 Å². The molecule has 0 aliphatic rings. The summed E-state index contributed by atoms with van der Waals surface area (Å²) >= 11 is 0. The van der Waals surface area contributed by atoms with E-state index >= 15 is 0 Å². The number of nitrogens with zero attached hydrogens (tertiary/aromatic N) is 4. The summed E-state index contributed by atoms with van der Waals surface area (Å²) in [7, 11) is 2.11. The standard InChI is InChI=1S/C32H22N4/c1-34-29-18-10-7-15-26(29)33-32(34)36-28-17-9-6-14-23(28)25-20-19-24-22-13-5-8-16-27(22)35(30(24)31(25)36)21-11-3-2-4-12-21/h2-20H,1H3. The van der Waals surface area contributed by atoms with Gasteiger partial charge in [0.05, 0.1) is 33.1 Å². The van der Waals surface area contributed by atoms with Gasteiger partial charge in [0.2, 0.25) is 5.95 Å². The highest BCUT2D eigenvalue weighted by molar-refractivity contribution is 6.23. The molecule has 0 amide bonds. The first-order valence-corrected chi connectivity index (χ1v) is 12.2. The van der Waals surface area contributed by atoms with Gasteiger partial charge in [0.15, 0.2) is 0 Å². The first kappa shape index (κ1) is 19.5. The van der Waals surface area contributed by atoms with Crippen molar-refractivity contribution >= 4 is 54.6 Å². The highest BCUT2D eigenvalue weighted by Crippen LogP contribution is 2.41. The molecule has 0 aliphatic carbocycles. The third-order valence-corrected chi connectivity index (χ3v) is 7.45. The van der Waals surface area contributed by atoms with E-state index in [1.165, 1.54) is 38.1 Å². The van der Waals surface area contributed by atoms with Crippen LogP contribution in [0.2, 0.25) is 0 Å². The summed E-state index contributed by atoms with van der Waals surface area (Å²) < 4.78 is 6.96. The van der Waals surface area contributed by atoms with E-state index in [0.717, 1.165) is 28.2 Å². The topological polar surface area (TPSA) is 27.7 Å². The van der Waals surface area contributed by atoms with Crippen molar-refractivity contribution in [3.63, 3.8) is 0 Å². The van der Waals surface area contributed by atoms with E-state index in [-0.39, 0.29) is 0 Å². The summed E-state index contributed by atoms with van der Waals surface area (Å²) in [4.78, 5) is 5.13. The van der Waals surface area contributed by atoms with Crippen LogP contribution in [0.4, 0.5) is 0 Å². The average molecular weight is 463 g/mol. The fourth-order valence-corrected chi connectivity index (χ4v) is 5.89. The Hall–Kier alpha value is -4.83. The summed E-state index contributed by atoms with van der Waals surface area (Å²) in [5.41, 5.74) is 8.00. The van der Waals surface area contributed by atoms with E-state index in [9.17, 15) is 0 Å². The second-order valence-electron chi connectivity index (χ2n) is 9.36. The third-order valence-electron chi connectivity index (χ3n) is 7.45. The van der Waals surface area contributed by atoms with Crippen LogP contribution in [0.15, 0.2) is 115 Å². The van der Waals surface area contributed by atoms with E-state index < -0.39 is 0 Å². The number of rotatable bonds is 2. The Bertz CT molecular complexity index is 2110. The molecule has 8 aromatic rings. The van der Waals surface area contributed by atoms with Crippen molar-refractivity contribution in [2.75, 3.05) is 0 Å². The molecule has 170 valence electrons. The number of benzene rings is 5. The predicted octanol–water partition coefficient (Wildman–Crippen LogP) is 7.77. The van der Waals surface area contributed by atoms with Crippen molar-refractivity contribution in [1.82, 2.24) is 18.7 Å². The maximum atomic E-state index is 5.13. The molecule has 0 fully saturated rings. The van der Waals surface area contributed by atoms with Gasteiger partial charge >= 0.3 is 0 Å². The van der Waals surface area contributed by atoms with Gasteiger partial charge in [-0.3, -0.25) is 4.57 Å². The minimum absolute atomic E-state index is 0.916. The van der Waals surface area contributed by atoms with Gasteiger partial charge < -0.3 is 9.13 Å². The van der Waals surface area contributed by atoms with E-state index in [4.69, 9.17) is 4.98 Å². The van der Waals surface area contributed by atoms with Crippen LogP contribution < -0.4 is 0 Å². The molecular formula is C32H22N4. The van der Waals surface area contributed by atoms with Crippen LogP contribution in [0.1, 0.15) is 0 Å². The smallest absolute Gasteiger partial charge is 0.215 e. The zero-order chi connectivity index (χ0) is 23.8. The summed E-state index contributed by atoms with van der Waals surface area (Å²) in [5.74, 6) is 0.916. The van der Waals surface area contributed by atoms with Crippen LogP contribution in [-0.4, -0.2) is 18.7 Å². The lowest BCUT2D eigenvalue weighted by Crippen LogP contribution is -2.04. The Kier molecular flexibility index (Phi) is 3.84. The minimum atomic E-state index is 0.916. The van der Waals surface area contributed by atoms with E-state index in [1.54, 1.807) is 0 Å². The first-order chi connectivity index (χ1) is 17.8. The average Bonchev–Trinajstić information content (AvgIpc) is 3.56. The second kappa shape index (κ2) is 7.09. The van der Waals surface area contributed by atoms with Gasteiger partial charge in [-0.2, -0.15) is 0 Å². The third kappa shape index (κ3) is 2.45. The fourth-order valence-electron chi connectivity index (χ4n) is 5.89. The monoisotopic (exact) mass is 462 g/mol. The molecule has 0 spiro atoms. The molecule has 5 aromatic carbocycles. The van der Waals surface area contributed by atoms with Gasteiger partial charge in [-0.15, -0.1) is 0 Å². The maximum Gasteiger partial charge on any atom is 0.215 e. The Morgan fingerprint density at radius 1 is 0.472 bits per heavy atom. The Morgan fingerprint density at radius 2 is 1.00 bits per heavy atom. The summed E-state index contributed by atoms with van der Waals surface area (Å²) in [6.07, 6.45) is 0. The molecule has 3 aromatic heterocycles. The van der Waals surface area contributed by atoms with Gasteiger partial charge in [0, 0.05) is 34.3 Å². The number of aromatic nitrogens is 4. The maximum absolute atomic E-state index is 5.13.